The van der Waals surface area contributed by atoms with Gasteiger partial charge in [-0.3, -0.25) is 9.63 Å². The van der Waals surface area contributed by atoms with Crippen molar-refractivity contribution in [2.24, 2.45) is 0 Å². The summed E-state index contributed by atoms with van der Waals surface area (Å²) in [7, 11) is 0. The highest BCUT2D eigenvalue weighted by Crippen LogP contribution is 2.19. The van der Waals surface area contributed by atoms with Crippen molar-refractivity contribution in [1.82, 2.24) is 14.2 Å². The summed E-state index contributed by atoms with van der Waals surface area (Å²) in [4.78, 5) is 16.6. The Labute approximate surface area is 85.8 Å². The monoisotopic (exact) mass is 213 g/mol. The van der Waals surface area contributed by atoms with Gasteiger partial charge in [0.25, 0.3) is 5.91 Å². The number of carbonyl (C=O) groups excluding carboxylic acids is 1. The molecule has 1 aromatic rings. The van der Waals surface area contributed by atoms with E-state index >= 15 is 0 Å². The van der Waals surface area contributed by atoms with Crippen LogP contribution in [0.4, 0.5) is 0 Å². The molecule has 0 aliphatic heterocycles. The molecule has 0 radical (unpaired) electrons. The number of nitrogens with one attached hydrogen (secondary N) is 1. The molecule has 1 heterocycles. The molecule has 0 saturated heterocycles. The number of aromatic nitrogens is 2. The van der Waals surface area contributed by atoms with Gasteiger partial charge in [0.2, 0.25) is 0 Å². The molecule has 76 valence electrons. The highest BCUT2D eigenvalue weighted by molar-refractivity contribution is 6.99. The van der Waals surface area contributed by atoms with Gasteiger partial charge >= 0.3 is 0 Å². The van der Waals surface area contributed by atoms with Gasteiger partial charge in [0.1, 0.15) is 0 Å². The standard InChI is InChI=1S/C8H11N3O2S/c12-8(7-5-9-14-11-7)10-13-6-3-1-2-4-6/h5-6H,1-4H2,(H,10,12). The molecular formula is C8H11N3O2S. The fourth-order valence-corrected chi connectivity index (χ4v) is 1.87. The zero-order chi connectivity index (χ0) is 9.80. The zero-order valence-electron chi connectivity index (χ0n) is 7.60. The number of hydrogen-bond acceptors (Lipinski definition) is 5. The van der Waals surface area contributed by atoms with Crippen LogP contribution in [0.5, 0.6) is 0 Å². The van der Waals surface area contributed by atoms with Crippen LogP contribution in [0.25, 0.3) is 0 Å². The molecule has 0 aromatic carbocycles. The zero-order valence-corrected chi connectivity index (χ0v) is 8.42. The second-order valence-electron chi connectivity index (χ2n) is 3.25. The van der Waals surface area contributed by atoms with Crippen LogP contribution in [-0.2, 0) is 4.84 Å². The Hall–Kier alpha value is -1.01. The fraction of sp³-hybridized carbons (Fsp3) is 0.625. The van der Waals surface area contributed by atoms with Gasteiger partial charge in [-0.1, -0.05) is 12.8 Å². The average molecular weight is 213 g/mol. The molecule has 6 heteroatoms. The van der Waals surface area contributed by atoms with Crippen molar-refractivity contribution in [2.75, 3.05) is 0 Å². The molecule has 1 aliphatic rings. The summed E-state index contributed by atoms with van der Waals surface area (Å²) >= 11 is 1.01. The molecular weight excluding hydrogens is 202 g/mol. The number of rotatable bonds is 3. The van der Waals surface area contributed by atoms with Gasteiger partial charge in [-0.25, -0.2) is 5.48 Å². The first-order chi connectivity index (χ1) is 6.86. The Morgan fingerprint density at radius 1 is 1.57 bits per heavy atom. The Kier molecular flexibility index (Phi) is 3.05. The molecule has 0 bridgehead atoms. The van der Waals surface area contributed by atoms with E-state index < -0.39 is 0 Å². The lowest BCUT2D eigenvalue weighted by Gasteiger charge is -2.09. The van der Waals surface area contributed by atoms with Crippen LogP contribution in [0.2, 0.25) is 0 Å². The van der Waals surface area contributed by atoms with Crippen LogP contribution >= 0.6 is 11.7 Å². The number of hydrogen-bond donors (Lipinski definition) is 1. The van der Waals surface area contributed by atoms with Gasteiger partial charge in [0.15, 0.2) is 5.69 Å². The molecule has 0 spiro atoms. The molecule has 1 N–H and O–H groups in total. The fourth-order valence-electron chi connectivity index (χ4n) is 1.46. The Morgan fingerprint density at radius 3 is 3.00 bits per heavy atom. The van der Waals surface area contributed by atoms with E-state index in [4.69, 9.17) is 4.84 Å². The lowest BCUT2D eigenvalue weighted by Crippen LogP contribution is -2.28. The third-order valence-corrected chi connectivity index (χ3v) is 2.69. The summed E-state index contributed by atoms with van der Waals surface area (Å²) in [6.45, 7) is 0. The first-order valence-corrected chi connectivity index (χ1v) is 5.33. The number of hydroxylamine groups is 1. The quantitative estimate of drug-likeness (QED) is 0.765. The van der Waals surface area contributed by atoms with E-state index in [1.807, 2.05) is 0 Å². The van der Waals surface area contributed by atoms with Crippen molar-refractivity contribution < 1.29 is 9.63 Å². The van der Waals surface area contributed by atoms with Crippen molar-refractivity contribution in [3.63, 3.8) is 0 Å². The smallest absolute Gasteiger partial charge is 0.270 e. The van der Waals surface area contributed by atoms with Crippen molar-refractivity contribution in [1.29, 1.82) is 0 Å². The normalized spacial score (nSPS) is 17.1. The van der Waals surface area contributed by atoms with Crippen LogP contribution in [0.3, 0.4) is 0 Å². The maximum Gasteiger partial charge on any atom is 0.296 e. The van der Waals surface area contributed by atoms with Crippen molar-refractivity contribution in [3.05, 3.63) is 11.9 Å². The largest absolute Gasteiger partial charge is 0.296 e. The van der Waals surface area contributed by atoms with Crippen LogP contribution in [-0.4, -0.2) is 20.8 Å². The van der Waals surface area contributed by atoms with Gasteiger partial charge in [-0.15, -0.1) is 0 Å². The Balaban J connectivity index is 1.78. The summed E-state index contributed by atoms with van der Waals surface area (Å²) in [5.41, 5.74) is 2.71. The molecule has 0 unspecified atom stereocenters. The Morgan fingerprint density at radius 2 is 2.36 bits per heavy atom. The van der Waals surface area contributed by atoms with Gasteiger partial charge in [-0.05, 0) is 12.8 Å². The molecule has 1 saturated carbocycles. The van der Waals surface area contributed by atoms with E-state index in [2.05, 4.69) is 14.2 Å². The second kappa shape index (κ2) is 4.47. The first kappa shape index (κ1) is 9.54. The molecule has 5 nitrogen and oxygen atoms in total. The summed E-state index contributed by atoms with van der Waals surface area (Å²) in [6.07, 6.45) is 6.01. The van der Waals surface area contributed by atoms with Crippen molar-refractivity contribution in [2.45, 2.75) is 31.8 Å². The summed E-state index contributed by atoms with van der Waals surface area (Å²) in [5.74, 6) is -0.314. The third kappa shape index (κ3) is 2.27. The predicted molar refractivity (Wildman–Crippen MR) is 50.7 cm³/mol. The minimum atomic E-state index is -0.314. The van der Waals surface area contributed by atoms with Gasteiger partial charge in [-0.2, -0.15) is 8.75 Å². The molecule has 1 aliphatic carbocycles. The highest BCUT2D eigenvalue weighted by atomic mass is 32.1. The van der Waals surface area contributed by atoms with Crippen LogP contribution < -0.4 is 5.48 Å². The summed E-state index contributed by atoms with van der Waals surface area (Å²) < 4.78 is 7.54. The molecule has 1 amide bonds. The maximum atomic E-state index is 11.3. The number of amides is 1. The van der Waals surface area contributed by atoms with Gasteiger partial charge < -0.3 is 0 Å². The van der Waals surface area contributed by atoms with E-state index in [0.717, 1.165) is 24.6 Å². The van der Waals surface area contributed by atoms with Crippen LogP contribution in [0.1, 0.15) is 36.2 Å². The molecule has 14 heavy (non-hydrogen) atoms. The van der Waals surface area contributed by atoms with Gasteiger partial charge in [0, 0.05) is 0 Å². The van der Waals surface area contributed by atoms with Crippen molar-refractivity contribution in [3.8, 4) is 0 Å². The van der Waals surface area contributed by atoms with E-state index in [-0.39, 0.29) is 12.0 Å². The molecule has 1 aromatic heterocycles. The second-order valence-corrected chi connectivity index (χ2v) is 3.80. The summed E-state index contributed by atoms with van der Waals surface area (Å²) in [6, 6.07) is 0. The predicted octanol–water partition coefficient (Wildman–Crippen LogP) is 1.14. The molecule has 0 atom stereocenters. The van der Waals surface area contributed by atoms with Gasteiger partial charge in [0.05, 0.1) is 24.0 Å². The minimum absolute atomic E-state index is 0.172. The average Bonchev–Trinajstić information content (AvgIpc) is 2.87. The maximum absolute atomic E-state index is 11.3. The van der Waals surface area contributed by atoms with E-state index in [9.17, 15) is 4.79 Å². The lowest BCUT2D eigenvalue weighted by molar-refractivity contribution is -0.0127. The number of nitrogens with zero attached hydrogens (tertiary/aromatic N) is 2. The highest BCUT2D eigenvalue weighted by Gasteiger charge is 2.17. The van der Waals surface area contributed by atoms with E-state index in [1.54, 1.807) is 0 Å². The lowest BCUT2D eigenvalue weighted by atomic mass is 10.3. The third-order valence-electron chi connectivity index (χ3n) is 2.21. The first-order valence-electron chi connectivity index (χ1n) is 4.60. The topological polar surface area (TPSA) is 64.1 Å². The SMILES string of the molecule is O=C(NOC1CCCC1)c1cnsn1. The van der Waals surface area contributed by atoms with E-state index in [0.29, 0.717) is 5.69 Å². The van der Waals surface area contributed by atoms with Crippen LogP contribution in [0.15, 0.2) is 6.20 Å². The van der Waals surface area contributed by atoms with E-state index in [1.165, 1.54) is 19.0 Å². The molecule has 1 fully saturated rings. The number of carbonyl (C=O) groups is 1. The Bertz CT molecular complexity index is 296. The summed E-state index contributed by atoms with van der Waals surface area (Å²) in [5, 5.41) is 0. The molecule has 2 rings (SSSR count). The van der Waals surface area contributed by atoms with Crippen molar-refractivity contribution >= 4 is 17.6 Å². The minimum Gasteiger partial charge on any atom is -0.270 e. The van der Waals surface area contributed by atoms with Crippen LogP contribution in [0, 0.1) is 0 Å².